The Balaban J connectivity index is 2.53. The van der Waals surface area contributed by atoms with Crippen molar-refractivity contribution in [2.75, 3.05) is 0 Å². The van der Waals surface area contributed by atoms with Crippen molar-refractivity contribution in [3.63, 3.8) is 0 Å². The van der Waals surface area contributed by atoms with Crippen LogP contribution in [0.5, 0.6) is 0 Å². The van der Waals surface area contributed by atoms with Crippen molar-refractivity contribution in [1.29, 1.82) is 0 Å². The molecule has 0 spiro atoms. The van der Waals surface area contributed by atoms with E-state index in [-0.39, 0.29) is 6.54 Å². The highest BCUT2D eigenvalue weighted by Crippen LogP contribution is 2.14. The third-order valence-electron chi connectivity index (χ3n) is 2.05. The van der Waals surface area contributed by atoms with Crippen molar-refractivity contribution in [3.8, 4) is 5.69 Å². The van der Waals surface area contributed by atoms with Crippen molar-refractivity contribution < 1.29 is 8.78 Å². The summed E-state index contributed by atoms with van der Waals surface area (Å²) in [5.41, 5.74) is 6.53. The molecule has 0 unspecified atom stereocenters. The zero-order chi connectivity index (χ0) is 10.8. The molecule has 0 saturated heterocycles. The van der Waals surface area contributed by atoms with E-state index >= 15 is 0 Å². The van der Waals surface area contributed by atoms with Gasteiger partial charge in [0.2, 0.25) is 0 Å². The highest BCUT2D eigenvalue weighted by molar-refractivity contribution is 5.34. The van der Waals surface area contributed by atoms with Gasteiger partial charge >= 0.3 is 0 Å². The molecule has 0 amide bonds. The second-order valence-corrected chi connectivity index (χ2v) is 3.09. The quantitative estimate of drug-likeness (QED) is 0.816. The van der Waals surface area contributed by atoms with Crippen molar-refractivity contribution in [1.82, 2.24) is 9.55 Å². The highest BCUT2D eigenvalue weighted by atomic mass is 19.1. The van der Waals surface area contributed by atoms with Crippen LogP contribution in [-0.4, -0.2) is 9.55 Å². The number of hydrogen-bond acceptors (Lipinski definition) is 2. The number of nitrogens with two attached hydrogens (primary N) is 1. The molecule has 0 aliphatic heterocycles. The number of halogens is 2. The van der Waals surface area contributed by atoms with E-state index in [2.05, 4.69) is 4.98 Å². The van der Waals surface area contributed by atoms with E-state index in [1.165, 1.54) is 18.5 Å². The van der Waals surface area contributed by atoms with Crippen LogP contribution in [0.4, 0.5) is 8.78 Å². The number of hydrogen-bond donors (Lipinski definition) is 1. The fourth-order valence-corrected chi connectivity index (χ4v) is 1.38. The van der Waals surface area contributed by atoms with Gasteiger partial charge in [0.25, 0.3) is 0 Å². The standard InChI is InChI=1S/C10H9F2N3/c11-7-1-8(12)3-9(2-7)15-6-14-5-10(15)4-13/h1-3,5-6H,4,13H2. The van der Waals surface area contributed by atoms with Gasteiger partial charge < -0.3 is 10.3 Å². The SMILES string of the molecule is NCc1cncn1-c1cc(F)cc(F)c1. The summed E-state index contributed by atoms with van der Waals surface area (Å²) in [4.78, 5) is 3.87. The van der Waals surface area contributed by atoms with Crippen LogP contribution in [0.25, 0.3) is 5.69 Å². The molecule has 0 fully saturated rings. The Bertz CT molecular complexity index is 459. The van der Waals surface area contributed by atoms with E-state index in [9.17, 15) is 8.78 Å². The molecule has 2 N–H and O–H groups in total. The molecule has 0 radical (unpaired) electrons. The van der Waals surface area contributed by atoms with Gasteiger partial charge in [-0.3, -0.25) is 0 Å². The van der Waals surface area contributed by atoms with Crippen LogP contribution in [0.3, 0.4) is 0 Å². The summed E-state index contributed by atoms with van der Waals surface area (Å²) in [6, 6.07) is 3.27. The molecule has 5 heteroatoms. The molecule has 1 heterocycles. The average Bonchev–Trinajstić information content (AvgIpc) is 2.63. The van der Waals surface area contributed by atoms with Crippen molar-refractivity contribution >= 4 is 0 Å². The lowest BCUT2D eigenvalue weighted by Crippen LogP contribution is -2.05. The van der Waals surface area contributed by atoms with Crippen LogP contribution in [-0.2, 0) is 6.54 Å². The lowest BCUT2D eigenvalue weighted by atomic mass is 10.3. The molecule has 0 aliphatic rings. The monoisotopic (exact) mass is 209 g/mol. The third kappa shape index (κ3) is 1.87. The second kappa shape index (κ2) is 3.78. The van der Waals surface area contributed by atoms with E-state index in [1.807, 2.05) is 0 Å². The fraction of sp³-hybridized carbons (Fsp3) is 0.100. The minimum Gasteiger partial charge on any atom is -0.325 e. The van der Waals surface area contributed by atoms with Gasteiger partial charge in [-0.2, -0.15) is 0 Å². The van der Waals surface area contributed by atoms with Crippen molar-refractivity contribution in [3.05, 3.63) is 48.1 Å². The predicted octanol–water partition coefficient (Wildman–Crippen LogP) is 1.61. The second-order valence-electron chi connectivity index (χ2n) is 3.09. The van der Waals surface area contributed by atoms with Crippen molar-refractivity contribution in [2.45, 2.75) is 6.54 Å². The Kier molecular flexibility index (Phi) is 2.47. The molecule has 3 nitrogen and oxygen atoms in total. The first-order chi connectivity index (χ1) is 7.20. The third-order valence-corrected chi connectivity index (χ3v) is 2.05. The van der Waals surface area contributed by atoms with Gasteiger partial charge in [-0.05, 0) is 12.1 Å². The fourth-order valence-electron chi connectivity index (χ4n) is 1.38. The molecular weight excluding hydrogens is 200 g/mol. The first-order valence-electron chi connectivity index (χ1n) is 4.38. The molecule has 15 heavy (non-hydrogen) atoms. The molecule has 78 valence electrons. The highest BCUT2D eigenvalue weighted by Gasteiger charge is 2.05. The largest absolute Gasteiger partial charge is 0.325 e. The number of nitrogens with zero attached hydrogens (tertiary/aromatic N) is 2. The summed E-state index contributed by atoms with van der Waals surface area (Å²) in [6.07, 6.45) is 3.03. The zero-order valence-electron chi connectivity index (χ0n) is 7.82. The number of imidazole rings is 1. The minimum absolute atomic E-state index is 0.262. The maximum absolute atomic E-state index is 13.0. The van der Waals surface area contributed by atoms with Gasteiger partial charge in [0.15, 0.2) is 0 Å². The van der Waals surface area contributed by atoms with Crippen LogP contribution in [0.1, 0.15) is 5.69 Å². The Morgan fingerprint density at radius 1 is 1.20 bits per heavy atom. The molecule has 2 rings (SSSR count). The molecule has 0 bridgehead atoms. The first kappa shape index (κ1) is 9.79. The minimum atomic E-state index is -0.623. The zero-order valence-corrected chi connectivity index (χ0v) is 7.82. The van der Waals surface area contributed by atoms with E-state index in [1.54, 1.807) is 10.8 Å². The topological polar surface area (TPSA) is 43.8 Å². The maximum atomic E-state index is 13.0. The molecule has 0 saturated carbocycles. The van der Waals surface area contributed by atoms with Gasteiger partial charge in [0, 0.05) is 18.8 Å². The van der Waals surface area contributed by atoms with E-state index in [0.29, 0.717) is 11.4 Å². The first-order valence-corrected chi connectivity index (χ1v) is 4.38. The van der Waals surface area contributed by atoms with Crippen LogP contribution in [0.15, 0.2) is 30.7 Å². The Hall–Kier alpha value is -1.75. The summed E-state index contributed by atoms with van der Waals surface area (Å²) in [5.74, 6) is -1.25. The van der Waals surface area contributed by atoms with Crippen LogP contribution < -0.4 is 5.73 Å². The predicted molar refractivity (Wildman–Crippen MR) is 51.4 cm³/mol. The van der Waals surface area contributed by atoms with Gasteiger partial charge in [-0.15, -0.1) is 0 Å². The Labute approximate surface area is 85.2 Å². The average molecular weight is 209 g/mol. The van der Waals surface area contributed by atoms with E-state index in [0.717, 1.165) is 6.07 Å². The van der Waals surface area contributed by atoms with Gasteiger partial charge in [0.1, 0.15) is 11.6 Å². The molecule has 0 atom stereocenters. The summed E-state index contributed by atoms with van der Waals surface area (Å²) in [6.45, 7) is 0.262. The molecule has 1 aromatic carbocycles. The number of aromatic nitrogens is 2. The lowest BCUT2D eigenvalue weighted by molar-refractivity contribution is 0.581. The summed E-state index contributed by atoms with van der Waals surface area (Å²) in [5, 5.41) is 0. The summed E-state index contributed by atoms with van der Waals surface area (Å²) < 4.78 is 27.4. The Morgan fingerprint density at radius 2 is 1.87 bits per heavy atom. The summed E-state index contributed by atoms with van der Waals surface area (Å²) in [7, 11) is 0. The molecule has 2 aromatic rings. The maximum Gasteiger partial charge on any atom is 0.128 e. The summed E-state index contributed by atoms with van der Waals surface area (Å²) >= 11 is 0. The van der Waals surface area contributed by atoms with Crippen molar-refractivity contribution in [2.24, 2.45) is 5.73 Å². The van der Waals surface area contributed by atoms with Gasteiger partial charge in [-0.1, -0.05) is 0 Å². The molecule has 1 aromatic heterocycles. The van der Waals surface area contributed by atoms with Crippen LogP contribution in [0.2, 0.25) is 0 Å². The number of benzene rings is 1. The van der Waals surface area contributed by atoms with E-state index < -0.39 is 11.6 Å². The normalized spacial score (nSPS) is 10.6. The molecule has 0 aliphatic carbocycles. The smallest absolute Gasteiger partial charge is 0.128 e. The van der Waals surface area contributed by atoms with Crippen LogP contribution in [0, 0.1) is 11.6 Å². The van der Waals surface area contributed by atoms with Gasteiger partial charge in [0.05, 0.1) is 17.7 Å². The number of rotatable bonds is 2. The van der Waals surface area contributed by atoms with Gasteiger partial charge in [-0.25, -0.2) is 13.8 Å². The van der Waals surface area contributed by atoms with E-state index in [4.69, 9.17) is 5.73 Å². The lowest BCUT2D eigenvalue weighted by Gasteiger charge is -2.06. The molecular formula is C10H9F2N3. The Morgan fingerprint density at radius 3 is 2.47 bits per heavy atom. The van der Waals surface area contributed by atoms with Crippen LogP contribution >= 0.6 is 0 Å².